The number of hydrogen-bond acceptors (Lipinski definition) is 5. The Labute approximate surface area is 206 Å². The van der Waals surface area contributed by atoms with Gasteiger partial charge in [-0.2, -0.15) is 0 Å². The molecule has 3 aliphatic heterocycles. The van der Waals surface area contributed by atoms with Crippen LogP contribution in [-0.4, -0.2) is 78.2 Å². The maximum atomic E-state index is 14.0. The molecule has 1 aliphatic carbocycles. The van der Waals surface area contributed by atoms with Crippen LogP contribution in [0.5, 0.6) is 5.75 Å². The van der Waals surface area contributed by atoms with Crippen LogP contribution in [0.15, 0.2) is 42.5 Å². The van der Waals surface area contributed by atoms with E-state index in [4.69, 9.17) is 9.47 Å². The van der Waals surface area contributed by atoms with Crippen molar-refractivity contribution in [1.82, 2.24) is 14.7 Å². The van der Waals surface area contributed by atoms with E-state index in [2.05, 4.69) is 35.2 Å². The second-order valence-corrected chi connectivity index (χ2v) is 10.3. The van der Waals surface area contributed by atoms with Gasteiger partial charge in [-0.1, -0.05) is 36.4 Å². The third-order valence-electron chi connectivity index (χ3n) is 8.33. The van der Waals surface area contributed by atoms with Gasteiger partial charge in [-0.25, -0.2) is 4.79 Å². The van der Waals surface area contributed by atoms with E-state index < -0.39 is 5.54 Å². The predicted molar refractivity (Wildman–Crippen MR) is 131 cm³/mol. The van der Waals surface area contributed by atoms with Crippen LogP contribution in [0.4, 0.5) is 4.79 Å². The average Bonchev–Trinajstić information content (AvgIpc) is 3.55. The molecule has 0 bridgehead atoms. The van der Waals surface area contributed by atoms with Gasteiger partial charge in [0.15, 0.2) is 0 Å². The van der Waals surface area contributed by atoms with Gasteiger partial charge < -0.3 is 14.4 Å². The van der Waals surface area contributed by atoms with Crippen LogP contribution >= 0.6 is 0 Å². The summed E-state index contributed by atoms with van der Waals surface area (Å²) in [7, 11) is 1.64. The zero-order valence-electron chi connectivity index (χ0n) is 20.4. The topological polar surface area (TPSA) is 62.3 Å². The Morgan fingerprint density at radius 3 is 2.49 bits per heavy atom. The molecule has 3 amide bonds. The summed E-state index contributed by atoms with van der Waals surface area (Å²) < 4.78 is 11.0. The Kier molecular flexibility index (Phi) is 5.77. The van der Waals surface area contributed by atoms with Crippen molar-refractivity contribution in [2.75, 3.05) is 40.0 Å². The number of nitrogens with zero attached hydrogens (tertiary/aromatic N) is 3. The van der Waals surface area contributed by atoms with E-state index in [1.54, 1.807) is 12.0 Å². The number of ether oxygens (including phenoxy) is 2. The highest BCUT2D eigenvalue weighted by atomic mass is 16.5. The summed E-state index contributed by atoms with van der Waals surface area (Å²) in [5, 5.41) is 0. The Morgan fingerprint density at radius 2 is 1.77 bits per heavy atom. The first kappa shape index (κ1) is 22.6. The molecule has 184 valence electrons. The number of methoxy groups -OCH3 is 1. The molecule has 1 spiro atoms. The first-order chi connectivity index (χ1) is 17.1. The van der Waals surface area contributed by atoms with Gasteiger partial charge >= 0.3 is 6.03 Å². The number of rotatable bonds is 6. The van der Waals surface area contributed by atoms with Gasteiger partial charge in [-0.3, -0.25) is 14.6 Å². The molecule has 2 aromatic rings. The van der Waals surface area contributed by atoms with Crippen molar-refractivity contribution >= 4 is 11.9 Å². The fourth-order valence-corrected chi connectivity index (χ4v) is 6.43. The molecule has 0 aromatic heterocycles. The van der Waals surface area contributed by atoms with Crippen LogP contribution in [0.25, 0.3) is 0 Å². The summed E-state index contributed by atoms with van der Waals surface area (Å²) in [5.41, 5.74) is 4.30. The molecule has 0 unspecified atom stereocenters. The van der Waals surface area contributed by atoms with E-state index in [0.717, 1.165) is 51.3 Å². The molecule has 0 atom stereocenters. The molecular formula is C28H33N3O4. The molecule has 7 heteroatoms. The van der Waals surface area contributed by atoms with Gasteiger partial charge in [0.05, 0.1) is 13.2 Å². The average molecular weight is 476 g/mol. The summed E-state index contributed by atoms with van der Waals surface area (Å²) in [4.78, 5) is 33.5. The smallest absolute Gasteiger partial charge is 0.328 e. The summed E-state index contributed by atoms with van der Waals surface area (Å²) in [6.45, 7) is 4.07. The van der Waals surface area contributed by atoms with Gasteiger partial charge in [-0.05, 0) is 54.0 Å². The number of piperidine rings is 1. The monoisotopic (exact) mass is 475 g/mol. The van der Waals surface area contributed by atoms with Crippen LogP contribution < -0.4 is 4.74 Å². The molecule has 2 aromatic carbocycles. The van der Waals surface area contributed by atoms with E-state index in [9.17, 15) is 9.59 Å². The number of imide groups is 1. The molecule has 0 saturated carbocycles. The van der Waals surface area contributed by atoms with E-state index in [1.807, 2.05) is 17.0 Å². The number of hydrogen-bond donors (Lipinski definition) is 0. The van der Waals surface area contributed by atoms with Crippen LogP contribution in [0.1, 0.15) is 35.1 Å². The van der Waals surface area contributed by atoms with Crippen LogP contribution in [-0.2, 0) is 35.3 Å². The van der Waals surface area contributed by atoms with Crippen molar-refractivity contribution in [1.29, 1.82) is 0 Å². The zero-order chi connectivity index (χ0) is 24.0. The van der Waals surface area contributed by atoms with Crippen molar-refractivity contribution in [3.63, 3.8) is 0 Å². The van der Waals surface area contributed by atoms with Gasteiger partial charge in [0, 0.05) is 45.8 Å². The Morgan fingerprint density at radius 1 is 1.03 bits per heavy atom. The van der Waals surface area contributed by atoms with Gasteiger partial charge in [0.1, 0.15) is 11.3 Å². The lowest BCUT2D eigenvalue weighted by atomic mass is 9.85. The SMILES string of the molecule is COCCN1C(=O)N(C2Cc3ccccc3C2)C(=O)C12CCN(Cc1ccc3c(c1)CCO3)CC2. The van der Waals surface area contributed by atoms with E-state index in [-0.39, 0.29) is 18.0 Å². The van der Waals surface area contributed by atoms with Crippen LogP contribution in [0.3, 0.4) is 0 Å². The quantitative estimate of drug-likeness (QED) is 0.601. The number of amides is 3. The Balaban J connectivity index is 1.19. The van der Waals surface area contributed by atoms with E-state index in [1.165, 1.54) is 22.3 Å². The number of likely N-dealkylation sites (tertiary alicyclic amines) is 1. The third-order valence-corrected chi connectivity index (χ3v) is 8.33. The fraction of sp³-hybridized carbons (Fsp3) is 0.500. The highest BCUT2D eigenvalue weighted by molar-refractivity contribution is 6.07. The van der Waals surface area contributed by atoms with Gasteiger partial charge in [0.2, 0.25) is 0 Å². The van der Waals surface area contributed by atoms with Gasteiger partial charge in [-0.15, -0.1) is 0 Å². The third kappa shape index (κ3) is 3.81. The predicted octanol–water partition coefficient (Wildman–Crippen LogP) is 3.03. The minimum atomic E-state index is -0.757. The molecule has 7 nitrogen and oxygen atoms in total. The van der Waals surface area contributed by atoms with Gasteiger partial charge in [0.25, 0.3) is 5.91 Å². The maximum absolute atomic E-state index is 14.0. The Bertz CT molecular complexity index is 1120. The largest absolute Gasteiger partial charge is 0.493 e. The molecule has 2 fully saturated rings. The first-order valence-corrected chi connectivity index (χ1v) is 12.8. The lowest BCUT2D eigenvalue weighted by Gasteiger charge is -2.42. The van der Waals surface area contributed by atoms with E-state index >= 15 is 0 Å². The normalized spacial score (nSPS) is 21.6. The number of benzene rings is 2. The number of carbonyl (C=O) groups is 2. The minimum Gasteiger partial charge on any atom is -0.493 e. The molecule has 0 N–H and O–H groups in total. The molecule has 4 aliphatic rings. The molecule has 3 heterocycles. The Hall–Kier alpha value is -2.90. The second kappa shape index (κ2) is 8.95. The lowest BCUT2D eigenvalue weighted by Crippen LogP contribution is -2.57. The lowest BCUT2D eigenvalue weighted by molar-refractivity contribution is -0.137. The van der Waals surface area contributed by atoms with Crippen molar-refractivity contribution in [2.24, 2.45) is 0 Å². The van der Waals surface area contributed by atoms with Crippen molar-refractivity contribution < 1.29 is 19.1 Å². The van der Waals surface area contributed by atoms with Crippen LogP contribution in [0, 0.1) is 0 Å². The van der Waals surface area contributed by atoms with E-state index in [0.29, 0.717) is 26.0 Å². The maximum Gasteiger partial charge on any atom is 0.328 e. The zero-order valence-corrected chi connectivity index (χ0v) is 20.4. The summed E-state index contributed by atoms with van der Waals surface area (Å²) in [5.74, 6) is 0.995. The van der Waals surface area contributed by atoms with Crippen molar-refractivity contribution in [2.45, 2.75) is 50.2 Å². The summed E-state index contributed by atoms with van der Waals surface area (Å²) in [6, 6.07) is 14.5. The summed E-state index contributed by atoms with van der Waals surface area (Å²) in [6.07, 6.45) is 3.78. The fourth-order valence-electron chi connectivity index (χ4n) is 6.43. The second-order valence-electron chi connectivity index (χ2n) is 10.3. The molecule has 2 saturated heterocycles. The molecule has 6 rings (SSSR count). The number of carbonyl (C=O) groups excluding carboxylic acids is 2. The summed E-state index contributed by atoms with van der Waals surface area (Å²) >= 11 is 0. The standard InChI is InChI=1S/C28H33N3O4/c1-34-15-13-30-27(33)31(24-17-21-4-2-3-5-22(21)18-24)26(32)28(30)9-11-29(12-10-28)19-20-6-7-25-23(16-20)8-14-35-25/h2-7,16,24H,8-15,17-19H2,1H3. The number of urea groups is 1. The van der Waals surface area contributed by atoms with Crippen molar-refractivity contribution in [3.8, 4) is 5.75 Å². The number of fused-ring (bicyclic) bond motifs is 2. The molecular weight excluding hydrogens is 442 g/mol. The minimum absolute atomic E-state index is 0.00858. The highest BCUT2D eigenvalue weighted by Crippen LogP contribution is 2.40. The van der Waals surface area contributed by atoms with Crippen LogP contribution in [0.2, 0.25) is 0 Å². The van der Waals surface area contributed by atoms with Crippen molar-refractivity contribution in [3.05, 3.63) is 64.7 Å². The first-order valence-electron chi connectivity index (χ1n) is 12.8. The highest BCUT2D eigenvalue weighted by Gasteiger charge is 2.59. The molecule has 0 radical (unpaired) electrons. The molecule has 35 heavy (non-hydrogen) atoms.